The standard InChI is InChI=1S/C7H14N2O.ClH/c1-3-4-6(8)5(2)7(9)10;/h3-4,8H2,1-2H3,(H2,9,10);1H/b6-5+;. The number of hydrogen-bond acceptors (Lipinski definition) is 2. The van der Waals surface area contributed by atoms with E-state index in [9.17, 15) is 4.79 Å². The lowest BCUT2D eigenvalue weighted by atomic mass is 10.1. The van der Waals surface area contributed by atoms with Crippen LogP contribution < -0.4 is 11.5 Å². The van der Waals surface area contributed by atoms with Crippen molar-refractivity contribution < 1.29 is 4.79 Å². The number of amides is 1. The summed E-state index contributed by atoms with van der Waals surface area (Å²) in [5.41, 5.74) is 11.6. The van der Waals surface area contributed by atoms with E-state index in [2.05, 4.69) is 0 Å². The summed E-state index contributed by atoms with van der Waals surface area (Å²) in [7, 11) is 0. The van der Waals surface area contributed by atoms with E-state index in [1.165, 1.54) is 0 Å². The Hall–Kier alpha value is -0.700. The maximum Gasteiger partial charge on any atom is 0.246 e. The van der Waals surface area contributed by atoms with Gasteiger partial charge in [0, 0.05) is 11.3 Å². The van der Waals surface area contributed by atoms with Gasteiger partial charge in [-0.05, 0) is 13.3 Å². The molecule has 0 aliphatic carbocycles. The maximum atomic E-state index is 10.5. The van der Waals surface area contributed by atoms with Crippen LogP contribution in [0, 0.1) is 0 Å². The van der Waals surface area contributed by atoms with Gasteiger partial charge in [-0.1, -0.05) is 13.3 Å². The molecule has 11 heavy (non-hydrogen) atoms. The lowest BCUT2D eigenvalue weighted by Crippen LogP contribution is -2.16. The highest BCUT2D eigenvalue weighted by Gasteiger charge is 2.01. The van der Waals surface area contributed by atoms with Gasteiger partial charge in [-0.15, -0.1) is 12.4 Å². The summed E-state index contributed by atoms with van der Waals surface area (Å²) in [5.74, 6) is -0.425. The Morgan fingerprint density at radius 1 is 1.36 bits per heavy atom. The summed E-state index contributed by atoms with van der Waals surface area (Å²) in [4.78, 5) is 10.5. The lowest BCUT2D eigenvalue weighted by molar-refractivity contribution is -0.114. The molecule has 0 aromatic heterocycles. The van der Waals surface area contributed by atoms with Crippen molar-refractivity contribution in [3.8, 4) is 0 Å². The largest absolute Gasteiger partial charge is 0.402 e. The SMILES string of the molecule is CCC/C(N)=C(/C)C(N)=O.Cl. The van der Waals surface area contributed by atoms with Gasteiger partial charge in [0.2, 0.25) is 5.91 Å². The van der Waals surface area contributed by atoms with Crippen molar-refractivity contribution >= 4 is 18.3 Å². The first-order chi connectivity index (χ1) is 4.59. The summed E-state index contributed by atoms with van der Waals surface area (Å²) < 4.78 is 0. The van der Waals surface area contributed by atoms with Gasteiger partial charge < -0.3 is 11.5 Å². The van der Waals surface area contributed by atoms with Gasteiger partial charge in [-0.2, -0.15) is 0 Å². The van der Waals surface area contributed by atoms with Crippen LogP contribution in [0.1, 0.15) is 26.7 Å². The number of hydrogen-bond donors (Lipinski definition) is 2. The van der Waals surface area contributed by atoms with Crippen LogP contribution in [0.2, 0.25) is 0 Å². The van der Waals surface area contributed by atoms with E-state index in [0.29, 0.717) is 11.3 Å². The second kappa shape index (κ2) is 6.04. The van der Waals surface area contributed by atoms with Crippen LogP contribution in [-0.4, -0.2) is 5.91 Å². The number of rotatable bonds is 3. The first-order valence-electron chi connectivity index (χ1n) is 3.34. The zero-order valence-electron chi connectivity index (χ0n) is 6.89. The van der Waals surface area contributed by atoms with E-state index in [1.807, 2.05) is 6.92 Å². The second-order valence-electron chi connectivity index (χ2n) is 2.26. The molecule has 0 saturated carbocycles. The lowest BCUT2D eigenvalue weighted by Gasteiger charge is -2.01. The average Bonchev–Trinajstić information content (AvgIpc) is 1.87. The van der Waals surface area contributed by atoms with E-state index in [1.54, 1.807) is 6.92 Å². The average molecular weight is 179 g/mol. The molecular weight excluding hydrogens is 164 g/mol. The van der Waals surface area contributed by atoms with Crippen molar-refractivity contribution in [2.24, 2.45) is 11.5 Å². The molecule has 0 aliphatic rings. The topological polar surface area (TPSA) is 69.1 Å². The van der Waals surface area contributed by atoms with Crippen molar-refractivity contribution in [3.05, 3.63) is 11.3 Å². The van der Waals surface area contributed by atoms with Gasteiger partial charge in [0.05, 0.1) is 0 Å². The summed E-state index contributed by atoms with van der Waals surface area (Å²) in [6.07, 6.45) is 1.69. The number of primary amides is 1. The highest BCUT2D eigenvalue weighted by atomic mass is 35.5. The predicted octanol–water partition coefficient (Wildman–Crippen LogP) is 0.926. The Morgan fingerprint density at radius 2 is 1.82 bits per heavy atom. The Labute approximate surface area is 73.2 Å². The Balaban J connectivity index is 0. The van der Waals surface area contributed by atoms with Crippen LogP contribution in [-0.2, 0) is 4.79 Å². The first kappa shape index (κ1) is 12.9. The Bertz CT molecular complexity index is 166. The van der Waals surface area contributed by atoms with Crippen LogP contribution >= 0.6 is 12.4 Å². The molecule has 3 nitrogen and oxygen atoms in total. The fourth-order valence-corrected chi connectivity index (χ4v) is 0.615. The molecule has 66 valence electrons. The molecule has 0 saturated heterocycles. The fraction of sp³-hybridized carbons (Fsp3) is 0.571. The van der Waals surface area contributed by atoms with Crippen LogP contribution in [0.4, 0.5) is 0 Å². The predicted molar refractivity (Wildman–Crippen MR) is 48.2 cm³/mol. The molecule has 1 amide bonds. The molecule has 4 N–H and O–H groups in total. The highest BCUT2D eigenvalue weighted by Crippen LogP contribution is 2.03. The van der Waals surface area contributed by atoms with E-state index in [0.717, 1.165) is 12.8 Å². The third-order valence-electron chi connectivity index (χ3n) is 1.37. The quantitative estimate of drug-likeness (QED) is 0.632. The minimum absolute atomic E-state index is 0. The van der Waals surface area contributed by atoms with E-state index < -0.39 is 5.91 Å². The van der Waals surface area contributed by atoms with Gasteiger partial charge in [0.25, 0.3) is 0 Å². The maximum absolute atomic E-state index is 10.5. The van der Waals surface area contributed by atoms with Crippen molar-refractivity contribution in [2.75, 3.05) is 0 Å². The van der Waals surface area contributed by atoms with Crippen LogP contribution in [0.15, 0.2) is 11.3 Å². The van der Waals surface area contributed by atoms with Crippen LogP contribution in [0.25, 0.3) is 0 Å². The van der Waals surface area contributed by atoms with Crippen LogP contribution in [0.3, 0.4) is 0 Å². The van der Waals surface area contributed by atoms with Gasteiger partial charge in [-0.3, -0.25) is 4.79 Å². The molecular formula is C7H15ClN2O. The summed E-state index contributed by atoms with van der Waals surface area (Å²) in [6.45, 7) is 3.65. The van der Waals surface area contributed by atoms with Crippen LogP contribution in [0.5, 0.6) is 0 Å². The molecule has 0 aliphatic heterocycles. The number of allylic oxidation sites excluding steroid dienone is 1. The molecule has 0 heterocycles. The molecule has 0 spiro atoms. The summed E-state index contributed by atoms with van der Waals surface area (Å²) >= 11 is 0. The molecule has 0 aromatic rings. The number of carbonyl (C=O) groups excluding carboxylic acids is 1. The molecule has 0 unspecified atom stereocenters. The number of carbonyl (C=O) groups is 1. The van der Waals surface area contributed by atoms with Crippen molar-refractivity contribution in [3.63, 3.8) is 0 Å². The van der Waals surface area contributed by atoms with Crippen molar-refractivity contribution in [1.29, 1.82) is 0 Å². The monoisotopic (exact) mass is 178 g/mol. The Morgan fingerprint density at radius 3 is 2.09 bits per heavy atom. The second-order valence-corrected chi connectivity index (χ2v) is 2.26. The molecule has 0 bridgehead atoms. The molecule has 0 fully saturated rings. The van der Waals surface area contributed by atoms with Gasteiger partial charge in [0.15, 0.2) is 0 Å². The van der Waals surface area contributed by atoms with Gasteiger partial charge in [0.1, 0.15) is 0 Å². The summed E-state index contributed by atoms with van der Waals surface area (Å²) in [6, 6.07) is 0. The number of nitrogens with two attached hydrogens (primary N) is 2. The van der Waals surface area contributed by atoms with E-state index in [4.69, 9.17) is 11.5 Å². The first-order valence-corrected chi connectivity index (χ1v) is 3.34. The number of halogens is 1. The van der Waals surface area contributed by atoms with Crippen molar-refractivity contribution in [1.82, 2.24) is 0 Å². The smallest absolute Gasteiger partial charge is 0.246 e. The third-order valence-corrected chi connectivity index (χ3v) is 1.37. The van der Waals surface area contributed by atoms with Gasteiger partial charge in [-0.25, -0.2) is 0 Å². The van der Waals surface area contributed by atoms with Crippen molar-refractivity contribution in [2.45, 2.75) is 26.7 Å². The fourth-order valence-electron chi connectivity index (χ4n) is 0.615. The summed E-state index contributed by atoms with van der Waals surface area (Å²) in [5, 5.41) is 0. The third kappa shape index (κ3) is 4.67. The molecule has 0 atom stereocenters. The minimum Gasteiger partial charge on any atom is -0.402 e. The van der Waals surface area contributed by atoms with Gasteiger partial charge >= 0.3 is 0 Å². The molecule has 4 heteroatoms. The molecule has 0 rings (SSSR count). The zero-order valence-corrected chi connectivity index (χ0v) is 7.70. The van der Waals surface area contributed by atoms with E-state index >= 15 is 0 Å². The zero-order chi connectivity index (χ0) is 8.15. The highest BCUT2D eigenvalue weighted by molar-refractivity contribution is 5.91. The molecule has 0 radical (unpaired) electrons. The normalized spacial score (nSPS) is 11.5. The molecule has 0 aromatic carbocycles. The Kier molecular flexibility index (Phi) is 7.10. The van der Waals surface area contributed by atoms with E-state index in [-0.39, 0.29) is 12.4 Å². The minimum atomic E-state index is -0.425.